The highest BCUT2D eigenvalue weighted by Crippen LogP contribution is 2.33. The molecule has 144 valence electrons. The Balaban J connectivity index is 1.49. The fourth-order valence-corrected chi connectivity index (χ4v) is 4.73. The minimum atomic E-state index is -1.38. The normalized spacial score (nSPS) is 16.2. The number of thiophene rings is 1. The van der Waals surface area contributed by atoms with Gasteiger partial charge in [0.05, 0.1) is 10.9 Å². The summed E-state index contributed by atoms with van der Waals surface area (Å²) in [7, 11) is 0. The van der Waals surface area contributed by atoms with Gasteiger partial charge >= 0.3 is 0 Å². The van der Waals surface area contributed by atoms with E-state index in [-0.39, 0.29) is 0 Å². The molecule has 0 bridgehead atoms. The summed E-state index contributed by atoms with van der Waals surface area (Å²) < 4.78 is 11.0. The van der Waals surface area contributed by atoms with Crippen molar-refractivity contribution in [3.8, 4) is 17.6 Å². The van der Waals surface area contributed by atoms with E-state index in [4.69, 9.17) is 9.47 Å². The van der Waals surface area contributed by atoms with Crippen LogP contribution in [0.1, 0.15) is 39.4 Å². The number of carbonyl (C=O) groups excluding carboxylic acids is 2. The van der Waals surface area contributed by atoms with E-state index in [1.54, 1.807) is 18.2 Å². The van der Waals surface area contributed by atoms with Crippen molar-refractivity contribution >= 4 is 28.7 Å². The van der Waals surface area contributed by atoms with Crippen LogP contribution in [-0.4, -0.2) is 24.9 Å². The first-order valence-corrected chi connectivity index (χ1v) is 10.2. The van der Waals surface area contributed by atoms with Gasteiger partial charge in [0, 0.05) is 16.6 Å². The third-order valence-electron chi connectivity index (χ3n) is 4.95. The van der Waals surface area contributed by atoms with Crippen LogP contribution in [0.5, 0.6) is 11.5 Å². The van der Waals surface area contributed by atoms with Crippen molar-refractivity contribution in [3.05, 3.63) is 39.6 Å². The number of nitrogens with zero attached hydrogens (tertiary/aromatic N) is 1. The third-order valence-corrected chi connectivity index (χ3v) is 6.20. The summed E-state index contributed by atoms with van der Waals surface area (Å²) in [6, 6.07) is 8.73. The smallest absolute Gasteiger partial charge is 0.249 e. The van der Waals surface area contributed by atoms with Gasteiger partial charge in [0.1, 0.15) is 13.2 Å². The molecule has 4 rings (SSSR count). The Morgan fingerprint density at radius 1 is 1.07 bits per heavy atom. The molecule has 0 radical (unpaired) electrons. The standard InChI is InChI=1S/C21H20N2O4S/c22-12-15(20(24)19-10-13-4-2-1-3-5-18(13)28-19)21(25)23-14-6-7-16-17(11-14)27-9-8-26-16/h6-7,10-11,15H,1-5,8-9H2,(H,23,25)/t15-/m0/s1. The number of hydrogen-bond donors (Lipinski definition) is 1. The molecule has 1 aromatic heterocycles. The van der Waals surface area contributed by atoms with Crippen LogP contribution in [0.15, 0.2) is 24.3 Å². The van der Waals surface area contributed by atoms with Crippen molar-refractivity contribution in [1.29, 1.82) is 5.26 Å². The average Bonchev–Trinajstić information content (AvgIpc) is 2.99. The molecule has 0 saturated carbocycles. The fourth-order valence-electron chi connectivity index (χ4n) is 3.50. The van der Waals surface area contributed by atoms with Crippen LogP contribution >= 0.6 is 11.3 Å². The van der Waals surface area contributed by atoms with Gasteiger partial charge in [-0.1, -0.05) is 6.42 Å². The maximum absolute atomic E-state index is 12.8. The molecule has 0 fully saturated rings. The van der Waals surface area contributed by atoms with Crippen molar-refractivity contribution in [2.75, 3.05) is 18.5 Å². The van der Waals surface area contributed by atoms with Gasteiger partial charge in [0.25, 0.3) is 0 Å². The summed E-state index contributed by atoms with van der Waals surface area (Å²) >= 11 is 1.43. The molecule has 1 aliphatic heterocycles. The zero-order valence-electron chi connectivity index (χ0n) is 15.3. The van der Waals surface area contributed by atoms with E-state index in [1.807, 2.05) is 12.1 Å². The van der Waals surface area contributed by atoms with E-state index in [0.29, 0.717) is 35.3 Å². The highest BCUT2D eigenvalue weighted by Gasteiger charge is 2.30. The second-order valence-corrected chi connectivity index (χ2v) is 8.03. The molecule has 0 saturated heterocycles. The molecule has 0 unspecified atom stereocenters. The monoisotopic (exact) mass is 396 g/mol. The molecule has 1 atom stereocenters. The number of nitriles is 1. The van der Waals surface area contributed by atoms with Crippen molar-refractivity contribution in [3.63, 3.8) is 0 Å². The molecular weight excluding hydrogens is 376 g/mol. The van der Waals surface area contributed by atoms with E-state index in [0.717, 1.165) is 25.7 Å². The quantitative estimate of drug-likeness (QED) is 0.483. The summed E-state index contributed by atoms with van der Waals surface area (Å²) in [6.07, 6.45) is 5.36. The number of anilines is 1. The molecule has 2 aromatic rings. The van der Waals surface area contributed by atoms with Crippen molar-refractivity contribution in [2.45, 2.75) is 32.1 Å². The van der Waals surface area contributed by atoms with Gasteiger partial charge in [-0.05, 0) is 49.4 Å². The van der Waals surface area contributed by atoms with Gasteiger partial charge in [-0.25, -0.2) is 0 Å². The zero-order valence-corrected chi connectivity index (χ0v) is 16.1. The van der Waals surface area contributed by atoms with Crippen LogP contribution in [0.3, 0.4) is 0 Å². The number of rotatable bonds is 4. The molecule has 1 aliphatic carbocycles. The summed E-state index contributed by atoms with van der Waals surface area (Å²) in [5.41, 5.74) is 1.65. The van der Waals surface area contributed by atoms with Crippen LogP contribution in [0.2, 0.25) is 0 Å². The third kappa shape index (κ3) is 3.73. The maximum atomic E-state index is 12.8. The van der Waals surface area contributed by atoms with Gasteiger partial charge in [0.2, 0.25) is 5.91 Å². The first-order chi connectivity index (χ1) is 13.7. The Morgan fingerprint density at radius 3 is 2.68 bits per heavy atom. The predicted octanol–water partition coefficient (Wildman–Crippen LogP) is 3.75. The highest BCUT2D eigenvalue weighted by atomic mass is 32.1. The first kappa shape index (κ1) is 18.5. The Bertz CT molecular complexity index is 936. The summed E-state index contributed by atoms with van der Waals surface area (Å²) in [5, 5.41) is 12.1. The summed E-state index contributed by atoms with van der Waals surface area (Å²) in [5.74, 6) is -1.30. The number of aryl methyl sites for hydroxylation is 2. The van der Waals surface area contributed by atoms with E-state index < -0.39 is 17.6 Å². The molecule has 28 heavy (non-hydrogen) atoms. The fraction of sp³-hybridized carbons (Fsp3) is 0.381. The highest BCUT2D eigenvalue weighted by molar-refractivity contribution is 7.14. The largest absolute Gasteiger partial charge is 0.486 e. The number of nitrogens with one attached hydrogen (secondary N) is 1. The Morgan fingerprint density at radius 2 is 1.86 bits per heavy atom. The Kier molecular flexibility index (Phi) is 5.31. The molecule has 6 nitrogen and oxygen atoms in total. The second kappa shape index (κ2) is 8.03. The summed E-state index contributed by atoms with van der Waals surface area (Å²) in [4.78, 5) is 27.1. The molecule has 1 amide bonds. The number of hydrogen-bond acceptors (Lipinski definition) is 6. The molecule has 0 spiro atoms. The second-order valence-electron chi connectivity index (χ2n) is 6.89. The predicted molar refractivity (Wildman–Crippen MR) is 105 cm³/mol. The van der Waals surface area contributed by atoms with Gasteiger partial charge in [0.15, 0.2) is 23.2 Å². The maximum Gasteiger partial charge on any atom is 0.249 e. The van der Waals surface area contributed by atoms with Crippen LogP contribution in [-0.2, 0) is 17.6 Å². The Hall–Kier alpha value is -2.85. The lowest BCUT2D eigenvalue weighted by molar-refractivity contribution is -0.117. The molecule has 1 N–H and O–H groups in total. The Labute approximate surface area is 167 Å². The zero-order chi connectivity index (χ0) is 19.5. The minimum Gasteiger partial charge on any atom is -0.486 e. The van der Waals surface area contributed by atoms with Gasteiger partial charge in [-0.2, -0.15) is 5.26 Å². The van der Waals surface area contributed by atoms with Crippen LogP contribution in [0, 0.1) is 17.2 Å². The number of ketones is 1. The van der Waals surface area contributed by atoms with E-state index >= 15 is 0 Å². The minimum absolute atomic E-state index is 0.435. The molecule has 2 heterocycles. The van der Waals surface area contributed by atoms with E-state index in [9.17, 15) is 14.9 Å². The number of Topliss-reactive ketones (excluding diaryl/α,β-unsaturated/α-hetero) is 1. The number of ether oxygens (including phenoxy) is 2. The number of amides is 1. The van der Waals surface area contributed by atoms with Gasteiger partial charge in [-0.15, -0.1) is 11.3 Å². The average molecular weight is 396 g/mol. The summed E-state index contributed by atoms with van der Waals surface area (Å²) in [6.45, 7) is 0.918. The van der Waals surface area contributed by atoms with Crippen LogP contribution in [0.4, 0.5) is 5.69 Å². The van der Waals surface area contributed by atoms with Crippen molar-refractivity contribution < 1.29 is 19.1 Å². The van der Waals surface area contributed by atoms with E-state index in [1.165, 1.54) is 28.2 Å². The van der Waals surface area contributed by atoms with Gasteiger partial charge < -0.3 is 14.8 Å². The number of benzene rings is 1. The lowest BCUT2D eigenvalue weighted by Gasteiger charge is -2.19. The molecule has 7 heteroatoms. The lowest BCUT2D eigenvalue weighted by atomic mass is 10.0. The molecular formula is C21H20N2O4S. The molecule has 1 aromatic carbocycles. The topological polar surface area (TPSA) is 88.4 Å². The van der Waals surface area contributed by atoms with Crippen LogP contribution < -0.4 is 14.8 Å². The van der Waals surface area contributed by atoms with Crippen LogP contribution in [0.25, 0.3) is 0 Å². The first-order valence-electron chi connectivity index (χ1n) is 9.41. The number of fused-ring (bicyclic) bond motifs is 2. The number of carbonyl (C=O) groups is 2. The SMILES string of the molecule is N#C[C@H](C(=O)Nc1ccc2c(c1)OCCO2)C(=O)c1cc2c(s1)CCCCC2. The lowest BCUT2D eigenvalue weighted by Crippen LogP contribution is -2.28. The van der Waals surface area contributed by atoms with Crippen molar-refractivity contribution in [1.82, 2.24) is 0 Å². The van der Waals surface area contributed by atoms with Gasteiger partial charge in [-0.3, -0.25) is 9.59 Å². The molecule has 2 aliphatic rings. The van der Waals surface area contributed by atoms with E-state index in [2.05, 4.69) is 5.32 Å². The van der Waals surface area contributed by atoms with Crippen molar-refractivity contribution in [2.24, 2.45) is 5.92 Å².